The molecule has 0 aromatic rings. The number of ether oxygens (including phenoxy) is 2. The van der Waals surface area contributed by atoms with Crippen LogP contribution < -0.4 is 0 Å². The number of hydrogen-bond acceptors (Lipinski definition) is 3. The molecule has 0 atom stereocenters. The average Bonchev–Trinajstić information content (AvgIpc) is 3.07. The lowest BCUT2D eigenvalue weighted by Crippen LogP contribution is -2.26. The standard InChI is InChI=1S/C18H29NO2/c19-13-15-3-8-17(9-4-15)16-6-1-14(2-7-16)5-10-18-20-11-12-21-18/h14-18H,1-12H2. The van der Waals surface area contributed by atoms with Gasteiger partial charge in [-0.3, -0.25) is 0 Å². The molecule has 3 rings (SSSR count). The Morgan fingerprint density at radius 1 is 0.762 bits per heavy atom. The summed E-state index contributed by atoms with van der Waals surface area (Å²) in [5, 5.41) is 9.00. The van der Waals surface area contributed by atoms with Gasteiger partial charge in [-0.2, -0.15) is 5.26 Å². The first kappa shape index (κ1) is 15.3. The molecule has 1 heterocycles. The van der Waals surface area contributed by atoms with Crippen LogP contribution in [0.4, 0.5) is 0 Å². The zero-order valence-electron chi connectivity index (χ0n) is 13.1. The predicted molar refractivity (Wildman–Crippen MR) is 81.4 cm³/mol. The van der Waals surface area contributed by atoms with Crippen LogP contribution in [0.5, 0.6) is 0 Å². The molecule has 21 heavy (non-hydrogen) atoms. The fourth-order valence-electron chi connectivity index (χ4n) is 4.61. The lowest BCUT2D eigenvalue weighted by atomic mass is 9.69. The minimum absolute atomic E-state index is 0.0870. The van der Waals surface area contributed by atoms with Crippen LogP contribution >= 0.6 is 0 Å². The molecule has 3 aliphatic rings. The summed E-state index contributed by atoms with van der Waals surface area (Å²) in [7, 11) is 0. The summed E-state index contributed by atoms with van der Waals surface area (Å²) in [5.74, 6) is 3.10. The second-order valence-electron chi connectivity index (χ2n) is 7.27. The van der Waals surface area contributed by atoms with Crippen LogP contribution in [-0.2, 0) is 9.47 Å². The molecule has 0 bridgehead atoms. The smallest absolute Gasteiger partial charge is 0.157 e. The van der Waals surface area contributed by atoms with Gasteiger partial charge in [-0.25, -0.2) is 0 Å². The van der Waals surface area contributed by atoms with Crippen LogP contribution in [0.3, 0.4) is 0 Å². The van der Waals surface area contributed by atoms with Crippen molar-refractivity contribution in [3.05, 3.63) is 0 Å². The highest BCUT2D eigenvalue weighted by atomic mass is 16.7. The second kappa shape index (κ2) is 7.61. The van der Waals surface area contributed by atoms with Crippen LogP contribution in [0.2, 0.25) is 0 Å². The first-order chi connectivity index (χ1) is 10.3. The van der Waals surface area contributed by atoms with Crippen molar-refractivity contribution in [2.45, 2.75) is 70.5 Å². The molecule has 0 unspecified atom stereocenters. The van der Waals surface area contributed by atoms with Crippen molar-refractivity contribution in [3.8, 4) is 6.07 Å². The lowest BCUT2D eigenvalue weighted by Gasteiger charge is -2.37. The molecule has 1 saturated heterocycles. The van der Waals surface area contributed by atoms with E-state index in [0.717, 1.165) is 50.2 Å². The fraction of sp³-hybridized carbons (Fsp3) is 0.944. The Labute approximate surface area is 129 Å². The van der Waals surface area contributed by atoms with Gasteiger partial charge in [0.25, 0.3) is 0 Å². The van der Waals surface area contributed by atoms with E-state index in [-0.39, 0.29) is 6.29 Å². The van der Waals surface area contributed by atoms with Crippen molar-refractivity contribution in [2.75, 3.05) is 13.2 Å². The Kier molecular flexibility index (Phi) is 5.55. The van der Waals surface area contributed by atoms with Crippen molar-refractivity contribution in [3.63, 3.8) is 0 Å². The summed E-state index contributed by atoms with van der Waals surface area (Å²) in [6.45, 7) is 1.56. The van der Waals surface area contributed by atoms with Gasteiger partial charge in [0.05, 0.1) is 19.3 Å². The minimum Gasteiger partial charge on any atom is -0.350 e. The zero-order chi connectivity index (χ0) is 14.5. The van der Waals surface area contributed by atoms with Gasteiger partial charge in [-0.15, -0.1) is 0 Å². The van der Waals surface area contributed by atoms with Crippen molar-refractivity contribution in [1.29, 1.82) is 5.26 Å². The Morgan fingerprint density at radius 3 is 1.90 bits per heavy atom. The summed E-state index contributed by atoms with van der Waals surface area (Å²) in [5.41, 5.74) is 0. The van der Waals surface area contributed by atoms with E-state index in [2.05, 4.69) is 6.07 Å². The minimum atomic E-state index is 0.0870. The first-order valence-electron chi connectivity index (χ1n) is 8.98. The topological polar surface area (TPSA) is 42.2 Å². The normalized spacial score (nSPS) is 38.2. The van der Waals surface area contributed by atoms with E-state index in [1.165, 1.54) is 44.9 Å². The van der Waals surface area contributed by atoms with Gasteiger partial charge in [0, 0.05) is 5.92 Å². The maximum Gasteiger partial charge on any atom is 0.157 e. The van der Waals surface area contributed by atoms with E-state index in [9.17, 15) is 0 Å². The quantitative estimate of drug-likeness (QED) is 0.776. The largest absolute Gasteiger partial charge is 0.350 e. The molecular weight excluding hydrogens is 262 g/mol. The van der Waals surface area contributed by atoms with Gasteiger partial charge in [-0.05, 0) is 69.1 Å². The molecule has 3 heteroatoms. The van der Waals surface area contributed by atoms with Gasteiger partial charge >= 0.3 is 0 Å². The zero-order valence-corrected chi connectivity index (χ0v) is 13.1. The fourth-order valence-corrected chi connectivity index (χ4v) is 4.61. The molecule has 0 amide bonds. The van der Waals surface area contributed by atoms with Gasteiger partial charge < -0.3 is 9.47 Å². The predicted octanol–water partition coefficient (Wildman–Crippen LogP) is 4.28. The molecule has 1 aliphatic heterocycles. The number of hydrogen-bond donors (Lipinski definition) is 0. The molecule has 3 nitrogen and oxygen atoms in total. The van der Waals surface area contributed by atoms with Gasteiger partial charge in [0.15, 0.2) is 6.29 Å². The van der Waals surface area contributed by atoms with E-state index in [0.29, 0.717) is 5.92 Å². The highest BCUT2D eigenvalue weighted by Gasteiger charge is 2.31. The number of nitriles is 1. The van der Waals surface area contributed by atoms with Crippen molar-refractivity contribution in [2.24, 2.45) is 23.7 Å². The molecule has 0 spiro atoms. The van der Waals surface area contributed by atoms with Crippen LogP contribution in [0.25, 0.3) is 0 Å². The Morgan fingerprint density at radius 2 is 1.33 bits per heavy atom. The molecule has 0 N–H and O–H groups in total. The van der Waals surface area contributed by atoms with E-state index in [4.69, 9.17) is 14.7 Å². The maximum atomic E-state index is 9.00. The Hall–Kier alpha value is -0.590. The third-order valence-electron chi connectivity index (χ3n) is 6.01. The Bertz CT molecular complexity index is 343. The van der Waals surface area contributed by atoms with Crippen LogP contribution in [0.1, 0.15) is 64.2 Å². The summed E-state index contributed by atoms with van der Waals surface area (Å²) in [4.78, 5) is 0. The summed E-state index contributed by atoms with van der Waals surface area (Å²) < 4.78 is 11.1. The molecule has 2 saturated carbocycles. The molecular formula is C18H29NO2. The van der Waals surface area contributed by atoms with Gasteiger partial charge in [-0.1, -0.05) is 12.8 Å². The molecule has 118 valence electrons. The summed E-state index contributed by atoms with van der Waals surface area (Å²) in [6.07, 6.45) is 13.0. The second-order valence-corrected chi connectivity index (χ2v) is 7.27. The maximum absolute atomic E-state index is 9.00. The van der Waals surface area contributed by atoms with Crippen LogP contribution in [0, 0.1) is 35.0 Å². The van der Waals surface area contributed by atoms with Crippen LogP contribution in [0.15, 0.2) is 0 Å². The average molecular weight is 291 g/mol. The SMILES string of the molecule is N#CC1CCC(C2CCC(CCC3OCCO3)CC2)CC1. The molecule has 2 aliphatic carbocycles. The van der Waals surface area contributed by atoms with E-state index < -0.39 is 0 Å². The highest BCUT2D eigenvalue weighted by molar-refractivity contribution is 4.89. The third kappa shape index (κ3) is 4.20. The monoisotopic (exact) mass is 291 g/mol. The molecule has 0 radical (unpaired) electrons. The van der Waals surface area contributed by atoms with Gasteiger partial charge in [0.2, 0.25) is 0 Å². The summed E-state index contributed by atoms with van der Waals surface area (Å²) >= 11 is 0. The van der Waals surface area contributed by atoms with E-state index >= 15 is 0 Å². The highest BCUT2D eigenvalue weighted by Crippen LogP contribution is 2.42. The summed E-state index contributed by atoms with van der Waals surface area (Å²) in [6, 6.07) is 2.45. The molecule has 0 aromatic heterocycles. The van der Waals surface area contributed by atoms with Crippen molar-refractivity contribution < 1.29 is 9.47 Å². The van der Waals surface area contributed by atoms with E-state index in [1.807, 2.05) is 0 Å². The third-order valence-corrected chi connectivity index (χ3v) is 6.01. The molecule has 3 fully saturated rings. The van der Waals surface area contributed by atoms with Crippen molar-refractivity contribution >= 4 is 0 Å². The Balaban J connectivity index is 1.34. The van der Waals surface area contributed by atoms with Gasteiger partial charge in [0.1, 0.15) is 0 Å². The number of nitrogens with zero attached hydrogens (tertiary/aromatic N) is 1. The van der Waals surface area contributed by atoms with Crippen LogP contribution in [-0.4, -0.2) is 19.5 Å². The lowest BCUT2D eigenvalue weighted by molar-refractivity contribution is -0.0514. The van der Waals surface area contributed by atoms with Crippen molar-refractivity contribution in [1.82, 2.24) is 0 Å². The number of rotatable bonds is 4. The first-order valence-corrected chi connectivity index (χ1v) is 8.98. The molecule has 0 aromatic carbocycles. The van der Waals surface area contributed by atoms with E-state index in [1.54, 1.807) is 0 Å².